The lowest BCUT2D eigenvalue weighted by molar-refractivity contribution is 0.660. The molecule has 0 bridgehead atoms. The van der Waals surface area contributed by atoms with E-state index in [0.717, 1.165) is 0 Å². The molecule has 9 aromatic rings. The summed E-state index contributed by atoms with van der Waals surface area (Å²) in [6.07, 6.45) is 0. The van der Waals surface area contributed by atoms with Crippen LogP contribution in [-0.2, 0) is 5.41 Å². The van der Waals surface area contributed by atoms with Crippen LogP contribution in [0.2, 0.25) is 13.1 Å². The Balaban J connectivity index is 1.26. The molecule has 262 valence electrons. The van der Waals surface area contributed by atoms with Gasteiger partial charge >= 0.3 is 0 Å². The standard InChI is InChI=1S/C53H41NSi/c1-53(2)45-20-10-9-17-39(45)43-33-38(28-30-46(43)53)51-40-18-7-8-19-41(40)52(54-47-21-11-13-23-49(47)55(3,4)50-24-14-12-22-48(50)54)42-29-27-37(32-44(42)51)36-26-25-34-15-5-6-16-35(34)31-36/h5-33H,1-4H3. The minimum absolute atomic E-state index is 0.0478. The summed E-state index contributed by atoms with van der Waals surface area (Å²) < 4.78 is 0. The molecule has 0 spiro atoms. The number of nitrogens with zero attached hydrogens (tertiary/aromatic N) is 1. The van der Waals surface area contributed by atoms with Crippen molar-refractivity contribution in [1.29, 1.82) is 0 Å². The largest absolute Gasteiger partial charge is 0.309 e. The zero-order valence-corrected chi connectivity index (χ0v) is 32.7. The lowest BCUT2D eigenvalue weighted by Crippen LogP contribution is -2.58. The maximum Gasteiger partial charge on any atom is 0.117 e. The van der Waals surface area contributed by atoms with Crippen LogP contribution in [-0.4, -0.2) is 8.07 Å². The molecule has 1 heterocycles. The highest BCUT2D eigenvalue weighted by Crippen LogP contribution is 2.53. The van der Waals surface area contributed by atoms with Crippen molar-refractivity contribution in [2.45, 2.75) is 32.4 Å². The van der Waals surface area contributed by atoms with Gasteiger partial charge in [0.15, 0.2) is 0 Å². The van der Waals surface area contributed by atoms with Gasteiger partial charge in [-0.15, -0.1) is 0 Å². The number of hydrogen-bond acceptors (Lipinski definition) is 1. The van der Waals surface area contributed by atoms with Crippen LogP contribution in [0, 0.1) is 0 Å². The van der Waals surface area contributed by atoms with E-state index >= 15 is 0 Å². The number of para-hydroxylation sites is 2. The third kappa shape index (κ3) is 4.58. The summed E-state index contributed by atoms with van der Waals surface area (Å²) in [5.41, 5.74) is 14.3. The van der Waals surface area contributed by atoms with Crippen LogP contribution in [0.4, 0.5) is 17.1 Å². The van der Waals surface area contributed by atoms with Gasteiger partial charge in [0.1, 0.15) is 8.07 Å². The molecule has 0 radical (unpaired) electrons. The first-order valence-electron chi connectivity index (χ1n) is 19.5. The van der Waals surface area contributed by atoms with Gasteiger partial charge in [0, 0.05) is 27.6 Å². The molecule has 0 saturated heterocycles. The van der Waals surface area contributed by atoms with Crippen molar-refractivity contribution in [3.05, 3.63) is 187 Å². The molecule has 55 heavy (non-hydrogen) atoms. The molecule has 0 amide bonds. The summed E-state index contributed by atoms with van der Waals surface area (Å²) in [5, 5.41) is 10.5. The molecule has 0 unspecified atom stereocenters. The van der Waals surface area contributed by atoms with E-state index in [9.17, 15) is 0 Å². The zero-order chi connectivity index (χ0) is 37.1. The molecule has 9 aromatic carbocycles. The van der Waals surface area contributed by atoms with Crippen LogP contribution in [0.1, 0.15) is 25.0 Å². The molecule has 2 aliphatic rings. The summed E-state index contributed by atoms with van der Waals surface area (Å²) in [6.45, 7) is 9.74. The number of rotatable bonds is 3. The Morgan fingerprint density at radius 1 is 0.418 bits per heavy atom. The molecule has 1 aliphatic carbocycles. The molecule has 2 heteroatoms. The van der Waals surface area contributed by atoms with Gasteiger partial charge in [-0.3, -0.25) is 0 Å². The maximum absolute atomic E-state index is 2.59. The van der Waals surface area contributed by atoms with Gasteiger partial charge in [-0.05, 0) is 107 Å². The normalized spacial score (nSPS) is 14.8. The predicted octanol–water partition coefficient (Wildman–Crippen LogP) is 13.4. The highest BCUT2D eigenvalue weighted by molar-refractivity contribution is 7.02. The Bertz CT molecular complexity index is 3010. The van der Waals surface area contributed by atoms with Gasteiger partial charge in [0.05, 0.1) is 5.69 Å². The SMILES string of the molecule is CC1(C)c2ccccc2-c2cc(-c3c4ccccc4c(N4c5ccccc5[Si](C)(C)c5ccccc54)c4ccc(-c5ccc6ccccc6c5)cc34)ccc21. The van der Waals surface area contributed by atoms with Crippen molar-refractivity contribution in [2.24, 2.45) is 0 Å². The average Bonchev–Trinajstić information content (AvgIpc) is 3.45. The number of benzene rings is 9. The van der Waals surface area contributed by atoms with E-state index < -0.39 is 8.07 Å². The topological polar surface area (TPSA) is 3.24 Å². The first-order valence-corrected chi connectivity index (χ1v) is 22.5. The maximum atomic E-state index is 2.59. The van der Waals surface area contributed by atoms with Crippen LogP contribution in [0.15, 0.2) is 176 Å². The van der Waals surface area contributed by atoms with Gasteiger partial charge in [-0.1, -0.05) is 173 Å². The van der Waals surface area contributed by atoms with E-state index in [0.29, 0.717) is 0 Å². The van der Waals surface area contributed by atoms with E-state index in [1.165, 1.54) is 104 Å². The van der Waals surface area contributed by atoms with E-state index in [1.807, 2.05) is 0 Å². The molecule has 0 saturated carbocycles. The smallest absolute Gasteiger partial charge is 0.117 e. The fourth-order valence-electron chi connectivity index (χ4n) is 10.0. The fraction of sp³-hybridized carbons (Fsp3) is 0.0943. The van der Waals surface area contributed by atoms with Crippen LogP contribution in [0.3, 0.4) is 0 Å². The Labute approximate surface area is 324 Å². The number of anilines is 3. The van der Waals surface area contributed by atoms with Crippen LogP contribution < -0.4 is 15.3 Å². The molecule has 0 aromatic heterocycles. The Hall–Kier alpha value is -6.22. The van der Waals surface area contributed by atoms with E-state index in [4.69, 9.17) is 0 Å². The van der Waals surface area contributed by atoms with Gasteiger partial charge in [-0.25, -0.2) is 0 Å². The molecule has 0 fully saturated rings. The van der Waals surface area contributed by atoms with Crippen molar-refractivity contribution in [2.75, 3.05) is 4.90 Å². The summed E-state index contributed by atoms with van der Waals surface area (Å²) in [7, 11) is -1.97. The van der Waals surface area contributed by atoms with E-state index in [-0.39, 0.29) is 5.41 Å². The van der Waals surface area contributed by atoms with Crippen LogP contribution in [0.25, 0.3) is 65.7 Å². The Kier molecular flexibility index (Phi) is 6.82. The summed E-state index contributed by atoms with van der Waals surface area (Å²) >= 11 is 0. The molecular formula is C53H41NSi. The summed E-state index contributed by atoms with van der Waals surface area (Å²) in [5.74, 6) is 0. The zero-order valence-electron chi connectivity index (χ0n) is 31.7. The average molecular weight is 720 g/mol. The first-order chi connectivity index (χ1) is 26.8. The third-order valence-electron chi connectivity index (χ3n) is 12.8. The highest BCUT2D eigenvalue weighted by atomic mass is 28.3. The monoisotopic (exact) mass is 719 g/mol. The Morgan fingerprint density at radius 3 is 1.76 bits per heavy atom. The second-order valence-electron chi connectivity index (χ2n) is 16.5. The van der Waals surface area contributed by atoms with Gasteiger partial charge in [0.2, 0.25) is 0 Å². The second kappa shape index (κ2) is 11.6. The molecule has 0 N–H and O–H groups in total. The van der Waals surface area contributed by atoms with Crippen molar-refractivity contribution in [3.8, 4) is 33.4 Å². The lowest BCUT2D eigenvalue weighted by atomic mass is 9.81. The first kappa shape index (κ1) is 32.2. The van der Waals surface area contributed by atoms with Crippen LogP contribution >= 0.6 is 0 Å². The van der Waals surface area contributed by atoms with E-state index in [1.54, 1.807) is 0 Å². The quantitative estimate of drug-likeness (QED) is 0.130. The van der Waals surface area contributed by atoms with Gasteiger partial charge in [0.25, 0.3) is 0 Å². The molecular weight excluding hydrogens is 679 g/mol. The number of hydrogen-bond donors (Lipinski definition) is 0. The second-order valence-corrected chi connectivity index (χ2v) is 20.8. The Morgan fingerprint density at radius 2 is 0.982 bits per heavy atom. The predicted molar refractivity (Wildman–Crippen MR) is 239 cm³/mol. The van der Waals surface area contributed by atoms with Crippen molar-refractivity contribution in [3.63, 3.8) is 0 Å². The van der Waals surface area contributed by atoms with Crippen molar-refractivity contribution < 1.29 is 0 Å². The lowest BCUT2D eigenvalue weighted by Gasteiger charge is -2.42. The fourth-order valence-corrected chi connectivity index (χ4v) is 13.0. The van der Waals surface area contributed by atoms with Gasteiger partial charge < -0.3 is 4.90 Å². The van der Waals surface area contributed by atoms with E-state index in [2.05, 4.69) is 208 Å². The summed E-state index contributed by atoms with van der Waals surface area (Å²) in [6, 6.07) is 66.5. The molecule has 0 atom stereocenters. The van der Waals surface area contributed by atoms with Gasteiger partial charge in [-0.2, -0.15) is 0 Å². The van der Waals surface area contributed by atoms with Crippen molar-refractivity contribution >= 4 is 67.8 Å². The number of fused-ring (bicyclic) bond motifs is 8. The minimum Gasteiger partial charge on any atom is -0.309 e. The molecule has 1 aliphatic heterocycles. The molecule has 11 rings (SSSR count). The van der Waals surface area contributed by atoms with Crippen molar-refractivity contribution in [1.82, 2.24) is 0 Å². The van der Waals surface area contributed by atoms with Crippen LogP contribution in [0.5, 0.6) is 0 Å². The molecule has 1 nitrogen and oxygen atoms in total. The third-order valence-corrected chi connectivity index (χ3v) is 16.3. The highest BCUT2D eigenvalue weighted by Gasteiger charge is 2.40. The summed E-state index contributed by atoms with van der Waals surface area (Å²) in [4.78, 5) is 2.59. The minimum atomic E-state index is -1.97.